The third-order valence-electron chi connectivity index (χ3n) is 3.97. The normalized spacial score (nSPS) is 22.9. The van der Waals surface area contributed by atoms with Gasteiger partial charge in [-0.05, 0) is 25.7 Å². The molecular weight excluding hydrogens is 266 g/mol. The molecule has 19 heavy (non-hydrogen) atoms. The summed E-state index contributed by atoms with van der Waals surface area (Å²) >= 11 is 0. The maximum Gasteiger partial charge on any atom is 0.217 e. The van der Waals surface area contributed by atoms with Gasteiger partial charge >= 0.3 is 0 Å². The maximum absolute atomic E-state index is 12.7. The summed E-state index contributed by atoms with van der Waals surface area (Å²) in [6.45, 7) is 0.333. The first kappa shape index (κ1) is 14.6. The van der Waals surface area contributed by atoms with E-state index in [1.165, 1.54) is 0 Å². The number of nitrogens with two attached hydrogens (primary N) is 1. The predicted octanol–water partition coefficient (Wildman–Crippen LogP) is 1.25. The van der Waals surface area contributed by atoms with Gasteiger partial charge in [-0.15, -0.1) is 0 Å². The molecule has 2 aliphatic carbocycles. The number of hydrogen-bond donors (Lipinski definition) is 2. The summed E-state index contributed by atoms with van der Waals surface area (Å²) in [4.78, 5) is 0. The summed E-state index contributed by atoms with van der Waals surface area (Å²) in [5.74, 6) is 0.0875. The van der Waals surface area contributed by atoms with E-state index < -0.39 is 10.0 Å². The van der Waals surface area contributed by atoms with Crippen molar-refractivity contribution in [2.45, 2.75) is 62.7 Å². The van der Waals surface area contributed by atoms with Crippen molar-refractivity contribution in [3.8, 4) is 0 Å². The Morgan fingerprint density at radius 3 is 2.37 bits per heavy atom. The van der Waals surface area contributed by atoms with E-state index in [9.17, 15) is 8.42 Å². The lowest BCUT2D eigenvalue weighted by molar-refractivity contribution is 0.315. The summed E-state index contributed by atoms with van der Waals surface area (Å²) in [6.07, 6.45) is 6.85. The number of amidine groups is 1. The van der Waals surface area contributed by atoms with Crippen LogP contribution in [0.3, 0.4) is 0 Å². The first-order valence-corrected chi connectivity index (χ1v) is 8.53. The fourth-order valence-corrected chi connectivity index (χ4v) is 4.99. The molecule has 0 unspecified atom stereocenters. The van der Waals surface area contributed by atoms with E-state index in [-0.39, 0.29) is 17.1 Å². The molecule has 0 atom stereocenters. The highest BCUT2D eigenvalue weighted by Gasteiger charge is 2.41. The van der Waals surface area contributed by atoms with Crippen LogP contribution < -0.4 is 5.73 Å². The second kappa shape index (κ2) is 6.09. The molecule has 2 rings (SSSR count). The molecule has 2 saturated carbocycles. The number of oxime groups is 1. The lowest BCUT2D eigenvalue weighted by Crippen LogP contribution is -2.42. The number of sulfonamides is 1. The van der Waals surface area contributed by atoms with Gasteiger partial charge in [0.25, 0.3) is 0 Å². The Balaban J connectivity index is 2.04. The molecule has 0 radical (unpaired) electrons. The van der Waals surface area contributed by atoms with Gasteiger partial charge in [0.1, 0.15) is 5.84 Å². The van der Waals surface area contributed by atoms with Crippen molar-refractivity contribution >= 4 is 15.9 Å². The predicted molar refractivity (Wildman–Crippen MR) is 73.5 cm³/mol. The molecule has 2 aliphatic rings. The molecule has 0 bridgehead atoms. The zero-order valence-corrected chi connectivity index (χ0v) is 12.0. The molecule has 0 spiro atoms. The third-order valence-corrected chi connectivity index (χ3v) is 6.42. The van der Waals surface area contributed by atoms with Gasteiger partial charge in [0, 0.05) is 19.0 Å². The molecule has 110 valence electrons. The van der Waals surface area contributed by atoms with E-state index in [0.29, 0.717) is 13.0 Å². The average Bonchev–Trinajstić information content (AvgIpc) is 3.24. The number of nitrogens with zero attached hydrogens (tertiary/aromatic N) is 2. The highest BCUT2D eigenvalue weighted by molar-refractivity contribution is 7.89. The Bertz CT molecular complexity index is 426. The molecule has 0 heterocycles. The molecule has 6 nitrogen and oxygen atoms in total. The zero-order valence-electron chi connectivity index (χ0n) is 11.2. The van der Waals surface area contributed by atoms with Crippen molar-refractivity contribution < 1.29 is 13.6 Å². The first-order valence-electron chi connectivity index (χ1n) is 7.02. The highest BCUT2D eigenvalue weighted by atomic mass is 32.2. The summed E-state index contributed by atoms with van der Waals surface area (Å²) in [5.41, 5.74) is 5.44. The van der Waals surface area contributed by atoms with Crippen molar-refractivity contribution in [3.05, 3.63) is 0 Å². The molecule has 0 aliphatic heterocycles. The first-order chi connectivity index (χ1) is 9.05. The molecule has 0 aromatic rings. The minimum atomic E-state index is -3.22. The van der Waals surface area contributed by atoms with Crippen LogP contribution in [0.15, 0.2) is 5.16 Å². The van der Waals surface area contributed by atoms with Gasteiger partial charge in [0.2, 0.25) is 10.0 Å². The van der Waals surface area contributed by atoms with Crippen molar-refractivity contribution in [3.63, 3.8) is 0 Å². The summed E-state index contributed by atoms with van der Waals surface area (Å²) in [7, 11) is -3.22. The van der Waals surface area contributed by atoms with Crippen LogP contribution in [-0.2, 0) is 10.0 Å². The van der Waals surface area contributed by atoms with Crippen LogP contribution in [0.2, 0.25) is 0 Å². The molecule has 7 heteroatoms. The molecule has 0 amide bonds. The van der Waals surface area contributed by atoms with Crippen LogP contribution in [0, 0.1) is 0 Å². The molecule has 0 aromatic carbocycles. The average molecular weight is 289 g/mol. The molecular formula is C12H23N3O3S. The Morgan fingerprint density at radius 2 is 1.84 bits per heavy atom. The highest BCUT2D eigenvalue weighted by Crippen LogP contribution is 2.34. The molecule has 2 fully saturated rings. The van der Waals surface area contributed by atoms with Gasteiger partial charge in [-0.2, -0.15) is 4.31 Å². The van der Waals surface area contributed by atoms with Crippen LogP contribution in [0.5, 0.6) is 0 Å². The van der Waals surface area contributed by atoms with Crippen molar-refractivity contribution in [2.24, 2.45) is 10.9 Å². The second-order valence-corrected chi connectivity index (χ2v) is 7.65. The van der Waals surface area contributed by atoms with Crippen LogP contribution in [0.4, 0.5) is 0 Å². The standard InChI is InChI=1S/C12H23N3O3S/c13-12(14-16)8-9-15(10-6-7-10)19(17,18)11-4-2-1-3-5-11/h10-11,16H,1-9H2,(H2,13,14). The Labute approximate surface area is 114 Å². The van der Waals surface area contributed by atoms with Gasteiger partial charge in [-0.3, -0.25) is 0 Å². The molecule has 3 N–H and O–H groups in total. The number of hydrogen-bond acceptors (Lipinski definition) is 4. The van der Waals surface area contributed by atoms with Gasteiger partial charge in [-0.25, -0.2) is 8.42 Å². The van der Waals surface area contributed by atoms with E-state index >= 15 is 0 Å². The van der Waals surface area contributed by atoms with Gasteiger partial charge < -0.3 is 10.9 Å². The van der Waals surface area contributed by atoms with Crippen molar-refractivity contribution in [2.75, 3.05) is 6.54 Å². The van der Waals surface area contributed by atoms with Crippen LogP contribution >= 0.6 is 0 Å². The van der Waals surface area contributed by atoms with Crippen LogP contribution in [0.1, 0.15) is 51.4 Å². The van der Waals surface area contributed by atoms with Crippen molar-refractivity contribution in [1.82, 2.24) is 4.31 Å². The van der Waals surface area contributed by atoms with Gasteiger partial charge in [-0.1, -0.05) is 24.4 Å². The summed E-state index contributed by atoms with van der Waals surface area (Å²) in [6, 6.07) is 0.137. The summed E-state index contributed by atoms with van der Waals surface area (Å²) < 4.78 is 26.9. The van der Waals surface area contributed by atoms with E-state index in [0.717, 1.165) is 44.9 Å². The fraction of sp³-hybridized carbons (Fsp3) is 0.917. The van der Waals surface area contributed by atoms with Gasteiger partial charge in [0.05, 0.1) is 5.25 Å². The maximum atomic E-state index is 12.7. The largest absolute Gasteiger partial charge is 0.409 e. The van der Waals surface area contributed by atoms with Gasteiger partial charge in [0.15, 0.2) is 0 Å². The quantitative estimate of drug-likeness (QED) is 0.333. The Hall–Kier alpha value is -0.820. The SMILES string of the molecule is NC(CCN(C1CC1)S(=O)(=O)C1CCCCC1)=NO. The fourth-order valence-electron chi connectivity index (χ4n) is 2.71. The monoisotopic (exact) mass is 289 g/mol. The molecule has 0 aromatic heterocycles. The lowest BCUT2D eigenvalue weighted by atomic mass is 10.0. The zero-order chi connectivity index (χ0) is 13.9. The van der Waals surface area contributed by atoms with E-state index in [1.807, 2.05) is 0 Å². The summed E-state index contributed by atoms with van der Waals surface area (Å²) in [5, 5.41) is 11.2. The van der Waals surface area contributed by atoms with Crippen LogP contribution in [-0.4, -0.2) is 41.6 Å². The topological polar surface area (TPSA) is 96.0 Å². The van der Waals surface area contributed by atoms with Crippen molar-refractivity contribution in [1.29, 1.82) is 0 Å². The minimum Gasteiger partial charge on any atom is -0.409 e. The minimum absolute atomic E-state index is 0.0875. The third kappa shape index (κ3) is 3.60. The lowest BCUT2D eigenvalue weighted by Gasteiger charge is -2.29. The Kier molecular flexibility index (Phi) is 4.67. The van der Waals surface area contributed by atoms with E-state index in [2.05, 4.69) is 5.16 Å². The number of rotatable bonds is 6. The Morgan fingerprint density at radius 1 is 1.21 bits per heavy atom. The smallest absolute Gasteiger partial charge is 0.217 e. The van der Waals surface area contributed by atoms with Crippen LogP contribution in [0.25, 0.3) is 0 Å². The molecule has 0 saturated heterocycles. The van der Waals surface area contributed by atoms with E-state index in [4.69, 9.17) is 10.9 Å². The second-order valence-electron chi connectivity index (χ2n) is 5.49. The van der Waals surface area contributed by atoms with E-state index in [1.54, 1.807) is 4.31 Å².